The first-order chi connectivity index (χ1) is 12.4. The zero-order valence-corrected chi connectivity index (χ0v) is 14.9. The van der Waals surface area contributed by atoms with Crippen molar-refractivity contribution in [2.24, 2.45) is 5.73 Å². The minimum absolute atomic E-state index is 0.111. The molecule has 1 aromatic carbocycles. The molecular weight excluding hydrogens is 354 g/mol. The number of aliphatic hydroxyl groups is 1. The molecular formula is C18H18ClN5O2. The van der Waals surface area contributed by atoms with Gasteiger partial charge >= 0.3 is 0 Å². The quantitative estimate of drug-likeness (QED) is 0.635. The Labute approximate surface area is 155 Å². The smallest absolute Gasteiger partial charge is 0.250 e. The van der Waals surface area contributed by atoms with Crippen molar-refractivity contribution in [3.05, 3.63) is 52.7 Å². The summed E-state index contributed by atoms with van der Waals surface area (Å²) >= 11 is 6.16. The second kappa shape index (κ2) is 7.15. The Bertz CT molecular complexity index is 984. The lowest BCUT2D eigenvalue weighted by molar-refractivity contribution is 0.100. The molecule has 0 aliphatic heterocycles. The van der Waals surface area contributed by atoms with Crippen LogP contribution in [-0.4, -0.2) is 32.2 Å². The molecule has 7 nitrogen and oxygen atoms in total. The minimum atomic E-state index is -0.584. The van der Waals surface area contributed by atoms with Crippen LogP contribution in [0.2, 0.25) is 5.02 Å². The summed E-state index contributed by atoms with van der Waals surface area (Å²) in [7, 11) is 0. The number of aromatic nitrogens is 3. The molecule has 5 N–H and O–H groups in total. The lowest BCUT2D eigenvalue weighted by Crippen LogP contribution is -2.13. The molecule has 3 rings (SSSR count). The first-order valence-electron chi connectivity index (χ1n) is 7.92. The molecule has 0 aliphatic rings. The number of carbonyl (C=O) groups is 1. The SMILES string of the molecule is Cc1ccc(Cl)cc1-c1c(C(N)=O)cc(-c2ccnc(N)n2)n1CCO. The van der Waals surface area contributed by atoms with E-state index in [0.717, 1.165) is 11.1 Å². The summed E-state index contributed by atoms with van der Waals surface area (Å²) in [6.07, 6.45) is 1.53. The van der Waals surface area contributed by atoms with E-state index in [1.165, 1.54) is 6.20 Å². The molecule has 1 amide bonds. The standard InChI is InChI=1S/C18H18ClN5O2/c1-10-2-3-11(19)8-12(10)16-13(17(20)26)9-15(24(16)6-7-25)14-4-5-22-18(21)23-14/h2-5,8-9,25H,6-7H2,1H3,(H2,20,26)(H2,21,22,23). The Morgan fingerprint density at radius 1 is 1.31 bits per heavy atom. The third kappa shape index (κ3) is 3.26. The fourth-order valence-corrected chi connectivity index (χ4v) is 3.11. The summed E-state index contributed by atoms with van der Waals surface area (Å²) in [6, 6.07) is 8.73. The van der Waals surface area contributed by atoms with Crippen LogP contribution in [0.4, 0.5) is 5.95 Å². The van der Waals surface area contributed by atoms with E-state index in [4.69, 9.17) is 23.1 Å². The number of benzene rings is 1. The van der Waals surface area contributed by atoms with Gasteiger partial charge in [-0.25, -0.2) is 9.97 Å². The van der Waals surface area contributed by atoms with E-state index < -0.39 is 5.91 Å². The molecule has 0 radical (unpaired) electrons. The number of aliphatic hydroxyl groups excluding tert-OH is 1. The molecule has 0 unspecified atom stereocenters. The number of hydrogen-bond acceptors (Lipinski definition) is 5. The Hall–Kier alpha value is -2.90. The number of nitrogens with two attached hydrogens (primary N) is 2. The van der Waals surface area contributed by atoms with E-state index >= 15 is 0 Å². The van der Waals surface area contributed by atoms with Gasteiger partial charge in [0.05, 0.1) is 29.3 Å². The van der Waals surface area contributed by atoms with Crippen molar-refractivity contribution in [1.82, 2.24) is 14.5 Å². The topological polar surface area (TPSA) is 120 Å². The number of primary amides is 1. The van der Waals surface area contributed by atoms with E-state index in [2.05, 4.69) is 9.97 Å². The van der Waals surface area contributed by atoms with Gasteiger partial charge in [0.25, 0.3) is 5.91 Å². The number of nitrogen functional groups attached to an aromatic ring is 1. The van der Waals surface area contributed by atoms with Gasteiger partial charge in [0.15, 0.2) is 0 Å². The van der Waals surface area contributed by atoms with Crippen molar-refractivity contribution in [2.45, 2.75) is 13.5 Å². The average Bonchev–Trinajstić information content (AvgIpc) is 2.97. The van der Waals surface area contributed by atoms with Crippen LogP contribution in [0.1, 0.15) is 15.9 Å². The predicted octanol–water partition coefficient (Wildman–Crippen LogP) is 2.25. The van der Waals surface area contributed by atoms with Gasteiger partial charge in [-0.3, -0.25) is 4.79 Å². The number of hydrogen-bond donors (Lipinski definition) is 3. The number of rotatable bonds is 5. The Morgan fingerprint density at radius 3 is 2.73 bits per heavy atom. The summed E-state index contributed by atoms with van der Waals surface area (Å²) in [5.41, 5.74) is 15.0. The molecule has 2 aromatic heterocycles. The lowest BCUT2D eigenvalue weighted by atomic mass is 10.0. The van der Waals surface area contributed by atoms with Crippen LogP contribution < -0.4 is 11.5 Å². The fraction of sp³-hybridized carbons (Fsp3) is 0.167. The minimum Gasteiger partial charge on any atom is -0.395 e. The maximum atomic E-state index is 12.1. The second-order valence-electron chi connectivity index (χ2n) is 5.79. The van der Waals surface area contributed by atoms with Gasteiger partial charge in [-0.15, -0.1) is 0 Å². The summed E-state index contributed by atoms with van der Waals surface area (Å²) in [5, 5.41) is 10.1. The highest BCUT2D eigenvalue weighted by Gasteiger charge is 2.23. The third-order valence-electron chi connectivity index (χ3n) is 4.08. The first-order valence-corrected chi connectivity index (χ1v) is 8.29. The van der Waals surface area contributed by atoms with Crippen molar-refractivity contribution in [3.8, 4) is 22.6 Å². The van der Waals surface area contributed by atoms with Crippen molar-refractivity contribution >= 4 is 23.5 Å². The number of aryl methyl sites for hydroxylation is 1. The van der Waals surface area contributed by atoms with Crippen LogP contribution in [0.3, 0.4) is 0 Å². The molecule has 0 atom stereocenters. The van der Waals surface area contributed by atoms with Crippen molar-refractivity contribution in [1.29, 1.82) is 0 Å². The monoisotopic (exact) mass is 371 g/mol. The molecule has 0 fully saturated rings. The normalized spacial score (nSPS) is 10.9. The maximum Gasteiger partial charge on any atom is 0.250 e. The molecule has 0 aliphatic carbocycles. The van der Waals surface area contributed by atoms with E-state index in [9.17, 15) is 9.90 Å². The number of amides is 1. The van der Waals surface area contributed by atoms with Gasteiger partial charge in [-0.05, 0) is 36.8 Å². The van der Waals surface area contributed by atoms with Crippen molar-refractivity contribution in [3.63, 3.8) is 0 Å². The molecule has 2 heterocycles. The van der Waals surface area contributed by atoms with E-state index in [0.29, 0.717) is 27.7 Å². The van der Waals surface area contributed by atoms with Crippen molar-refractivity contribution in [2.75, 3.05) is 12.3 Å². The Balaban J connectivity index is 2.35. The summed E-state index contributed by atoms with van der Waals surface area (Å²) in [5.74, 6) is -0.472. The highest BCUT2D eigenvalue weighted by molar-refractivity contribution is 6.31. The van der Waals surface area contributed by atoms with E-state index in [1.54, 1.807) is 28.8 Å². The van der Waals surface area contributed by atoms with Crippen LogP contribution in [0.25, 0.3) is 22.6 Å². The molecule has 0 saturated carbocycles. The molecule has 0 spiro atoms. The number of halogens is 1. The molecule has 0 bridgehead atoms. The van der Waals surface area contributed by atoms with Gasteiger partial charge in [-0.2, -0.15) is 0 Å². The van der Waals surface area contributed by atoms with E-state index in [1.807, 2.05) is 13.0 Å². The summed E-state index contributed by atoms with van der Waals surface area (Å²) in [6.45, 7) is 2.02. The predicted molar refractivity (Wildman–Crippen MR) is 101 cm³/mol. The fourth-order valence-electron chi connectivity index (χ4n) is 2.94. The van der Waals surface area contributed by atoms with Gasteiger partial charge in [0.2, 0.25) is 5.95 Å². The number of carbonyl (C=O) groups excluding carboxylic acids is 1. The molecule has 0 saturated heterocycles. The van der Waals surface area contributed by atoms with Gasteiger partial charge < -0.3 is 21.1 Å². The maximum absolute atomic E-state index is 12.1. The Kier molecular flexibility index (Phi) is 4.92. The molecule has 134 valence electrons. The van der Waals surface area contributed by atoms with Crippen LogP contribution in [0, 0.1) is 6.92 Å². The highest BCUT2D eigenvalue weighted by Crippen LogP contribution is 2.35. The number of nitrogens with zero attached hydrogens (tertiary/aromatic N) is 3. The summed E-state index contributed by atoms with van der Waals surface area (Å²) in [4.78, 5) is 20.2. The Morgan fingerprint density at radius 2 is 2.08 bits per heavy atom. The number of anilines is 1. The van der Waals surface area contributed by atoms with Crippen LogP contribution in [0.5, 0.6) is 0 Å². The van der Waals surface area contributed by atoms with Crippen LogP contribution >= 0.6 is 11.6 Å². The van der Waals surface area contributed by atoms with Crippen LogP contribution in [0.15, 0.2) is 36.5 Å². The zero-order valence-electron chi connectivity index (χ0n) is 14.1. The van der Waals surface area contributed by atoms with Crippen molar-refractivity contribution < 1.29 is 9.90 Å². The zero-order chi connectivity index (χ0) is 18.8. The van der Waals surface area contributed by atoms with Gasteiger partial charge in [0, 0.05) is 23.3 Å². The third-order valence-corrected chi connectivity index (χ3v) is 4.31. The van der Waals surface area contributed by atoms with Gasteiger partial charge in [0.1, 0.15) is 0 Å². The van der Waals surface area contributed by atoms with Gasteiger partial charge in [-0.1, -0.05) is 17.7 Å². The highest BCUT2D eigenvalue weighted by atomic mass is 35.5. The summed E-state index contributed by atoms with van der Waals surface area (Å²) < 4.78 is 1.79. The van der Waals surface area contributed by atoms with Crippen LogP contribution in [-0.2, 0) is 6.54 Å². The first kappa shape index (κ1) is 17.9. The molecule has 3 aromatic rings. The molecule has 26 heavy (non-hydrogen) atoms. The lowest BCUT2D eigenvalue weighted by Gasteiger charge is -2.15. The second-order valence-corrected chi connectivity index (χ2v) is 6.23. The van der Waals surface area contributed by atoms with E-state index in [-0.39, 0.29) is 19.1 Å². The average molecular weight is 372 g/mol. The molecule has 8 heteroatoms. The largest absolute Gasteiger partial charge is 0.395 e.